The summed E-state index contributed by atoms with van der Waals surface area (Å²) in [7, 11) is 0. The van der Waals surface area contributed by atoms with Gasteiger partial charge in [-0.25, -0.2) is 4.98 Å². The van der Waals surface area contributed by atoms with E-state index >= 15 is 0 Å². The van der Waals surface area contributed by atoms with Crippen molar-refractivity contribution in [1.29, 1.82) is 0 Å². The summed E-state index contributed by atoms with van der Waals surface area (Å²) in [6, 6.07) is 0. The third-order valence-electron chi connectivity index (χ3n) is 3.49. The van der Waals surface area contributed by atoms with Crippen molar-refractivity contribution in [2.45, 2.75) is 19.8 Å². The standard InChI is InChI=1S/C12H14N4O3/c1-7-9-10(13-6-14-11(9)19-15-7)16-4-2-3-8(5-16)12(17)18/h6,8H,2-5H2,1H3,(H,17,18). The lowest BCUT2D eigenvalue weighted by molar-refractivity contribution is -0.141. The van der Waals surface area contributed by atoms with Crippen molar-refractivity contribution >= 4 is 22.9 Å². The number of aromatic nitrogens is 3. The Labute approximate surface area is 109 Å². The summed E-state index contributed by atoms with van der Waals surface area (Å²) < 4.78 is 5.11. The predicted molar refractivity (Wildman–Crippen MR) is 66.9 cm³/mol. The molecule has 1 aliphatic rings. The Morgan fingerprint density at radius 1 is 1.53 bits per heavy atom. The highest BCUT2D eigenvalue weighted by Crippen LogP contribution is 2.29. The van der Waals surface area contributed by atoms with Gasteiger partial charge in [-0.05, 0) is 19.8 Å². The molecule has 0 saturated carbocycles. The van der Waals surface area contributed by atoms with Gasteiger partial charge < -0.3 is 14.5 Å². The molecule has 7 heteroatoms. The zero-order valence-electron chi connectivity index (χ0n) is 10.5. The Hall–Kier alpha value is -2.18. The number of carboxylic acids is 1. The van der Waals surface area contributed by atoms with Gasteiger partial charge in [-0.1, -0.05) is 5.16 Å². The number of anilines is 1. The van der Waals surface area contributed by atoms with E-state index in [-0.39, 0.29) is 5.92 Å². The Bertz CT molecular complexity index is 624. The maximum Gasteiger partial charge on any atom is 0.308 e. The second-order valence-corrected chi connectivity index (χ2v) is 4.77. The second kappa shape index (κ2) is 4.49. The lowest BCUT2D eigenvalue weighted by Crippen LogP contribution is -2.39. The average Bonchev–Trinajstić information content (AvgIpc) is 2.81. The van der Waals surface area contributed by atoms with Gasteiger partial charge in [-0.2, -0.15) is 4.98 Å². The molecule has 1 atom stereocenters. The molecule has 1 N–H and O–H groups in total. The lowest BCUT2D eigenvalue weighted by atomic mass is 9.98. The van der Waals surface area contributed by atoms with Crippen LogP contribution in [0.25, 0.3) is 11.1 Å². The van der Waals surface area contributed by atoms with Crippen molar-refractivity contribution in [2.24, 2.45) is 5.92 Å². The lowest BCUT2D eigenvalue weighted by Gasteiger charge is -2.31. The fourth-order valence-corrected chi connectivity index (χ4v) is 2.51. The van der Waals surface area contributed by atoms with Gasteiger partial charge in [0, 0.05) is 13.1 Å². The fourth-order valence-electron chi connectivity index (χ4n) is 2.51. The van der Waals surface area contributed by atoms with Crippen LogP contribution in [0.2, 0.25) is 0 Å². The monoisotopic (exact) mass is 262 g/mol. The van der Waals surface area contributed by atoms with Gasteiger partial charge in [0.05, 0.1) is 11.6 Å². The number of hydrogen-bond acceptors (Lipinski definition) is 6. The summed E-state index contributed by atoms with van der Waals surface area (Å²) in [5.41, 5.74) is 1.17. The summed E-state index contributed by atoms with van der Waals surface area (Å²) >= 11 is 0. The van der Waals surface area contributed by atoms with Gasteiger partial charge in [-0.15, -0.1) is 0 Å². The van der Waals surface area contributed by atoms with E-state index in [1.165, 1.54) is 6.33 Å². The topological polar surface area (TPSA) is 92.4 Å². The summed E-state index contributed by atoms with van der Waals surface area (Å²) in [6.07, 6.45) is 2.97. The summed E-state index contributed by atoms with van der Waals surface area (Å²) in [5.74, 6) is -0.384. The van der Waals surface area contributed by atoms with Crippen LogP contribution in [0.3, 0.4) is 0 Å². The minimum atomic E-state index is -0.753. The summed E-state index contributed by atoms with van der Waals surface area (Å²) in [6.45, 7) is 3.09. The molecule has 2 aromatic rings. The number of piperidine rings is 1. The van der Waals surface area contributed by atoms with E-state index in [9.17, 15) is 4.79 Å². The van der Waals surface area contributed by atoms with Gasteiger partial charge in [-0.3, -0.25) is 4.79 Å². The first kappa shape index (κ1) is 11.9. The van der Waals surface area contributed by atoms with Crippen LogP contribution < -0.4 is 4.90 Å². The number of fused-ring (bicyclic) bond motifs is 1. The van der Waals surface area contributed by atoms with Crippen LogP contribution in [-0.4, -0.2) is 39.3 Å². The van der Waals surface area contributed by atoms with Crippen molar-refractivity contribution in [3.8, 4) is 0 Å². The minimum absolute atomic E-state index is 0.348. The smallest absolute Gasteiger partial charge is 0.308 e. The number of carbonyl (C=O) groups is 1. The van der Waals surface area contributed by atoms with Crippen LogP contribution in [0.15, 0.2) is 10.9 Å². The third-order valence-corrected chi connectivity index (χ3v) is 3.49. The van der Waals surface area contributed by atoms with Crippen LogP contribution >= 0.6 is 0 Å². The third kappa shape index (κ3) is 2.00. The molecule has 3 rings (SSSR count). The van der Waals surface area contributed by atoms with Gasteiger partial charge in [0.15, 0.2) is 0 Å². The number of aryl methyl sites for hydroxylation is 1. The van der Waals surface area contributed by atoms with Crippen molar-refractivity contribution in [3.05, 3.63) is 12.0 Å². The molecule has 0 aliphatic carbocycles. The van der Waals surface area contributed by atoms with Gasteiger partial charge in [0.25, 0.3) is 5.71 Å². The molecule has 19 heavy (non-hydrogen) atoms. The Balaban J connectivity index is 1.99. The van der Waals surface area contributed by atoms with Gasteiger partial charge in [0.2, 0.25) is 0 Å². The van der Waals surface area contributed by atoms with Crippen molar-refractivity contribution in [2.75, 3.05) is 18.0 Å². The van der Waals surface area contributed by atoms with Gasteiger partial charge >= 0.3 is 5.97 Å². The normalized spacial score (nSPS) is 19.8. The van der Waals surface area contributed by atoms with E-state index in [0.29, 0.717) is 18.7 Å². The molecule has 0 bridgehead atoms. The van der Waals surface area contributed by atoms with E-state index in [0.717, 1.165) is 29.9 Å². The molecule has 0 aromatic carbocycles. The van der Waals surface area contributed by atoms with Crippen LogP contribution in [0.4, 0.5) is 5.82 Å². The molecular formula is C12H14N4O3. The molecule has 1 fully saturated rings. The molecule has 100 valence electrons. The van der Waals surface area contributed by atoms with Crippen molar-refractivity contribution in [3.63, 3.8) is 0 Å². The van der Waals surface area contributed by atoms with Crippen LogP contribution in [0.1, 0.15) is 18.5 Å². The summed E-state index contributed by atoms with van der Waals surface area (Å²) in [5, 5.41) is 13.8. The number of rotatable bonds is 2. The Morgan fingerprint density at radius 2 is 2.37 bits per heavy atom. The van der Waals surface area contributed by atoms with Crippen molar-refractivity contribution in [1.82, 2.24) is 15.1 Å². The van der Waals surface area contributed by atoms with E-state index in [2.05, 4.69) is 15.1 Å². The fraction of sp³-hybridized carbons (Fsp3) is 0.500. The molecule has 1 saturated heterocycles. The van der Waals surface area contributed by atoms with E-state index < -0.39 is 5.97 Å². The van der Waals surface area contributed by atoms with E-state index in [1.54, 1.807) is 0 Å². The van der Waals surface area contributed by atoms with Gasteiger partial charge in [0.1, 0.15) is 17.5 Å². The first-order valence-electron chi connectivity index (χ1n) is 6.21. The van der Waals surface area contributed by atoms with Crippen molar-refractivity contribution < 1.29 is 14.4 Å². The number of nitrogens with zero attached hydrogens (tertiary/aromatic N) is 4. The van der Waals surface area contributed by atoms with Crippen LogP contribution in [0, 0.1) is 12.8 Å². The number of hydrogen-bond donors (Lipinski definition) is 1. The highest BCUT2D eigenvalue weighted by Gasteiger charge is 2.28. The molecule has 3 heterocycles. The summed E-state index contributed by atoms with van der Waals surface area (Å²) in [4.78, 5) is 21.4. The molecule has 7 nitrogen and oxygen atoms in total. The Morgan fingerprint density at radius 3 is 3.16 bits per heavy atom. The average molecular weight is 262 g/mol. The molecule has 2 aromatic heterocycles. The highest BCUT2D eigenvalue weighted by atomic mass is 16.5. The molecule has 0 spiro atoms. The first-order chi connectivity index (χ1) is 9.16. The van der Waals surface area contributed by atoms with E-state index in [4.69, 9.17) is 9.63 Å². The molecule has 0 amide bonds. The molecular weight excluding hydrogens is 248 g/mol. The zero-order chi connectivity index (χ0) is 13.4. The quantitative estimate of drug-likeness (QED) is 0.869. The maximum absolute atomic E-state index is 11.1. The zero-order valence-corrected chi connectivity index (χ0v) is 10.5. The number of aliphatic carboxylic acids is 1. The maximum atomic E-state index is 11.1. The predicted octanol–water partition coefficient (Wildman–Crippen LogP) is 1.23. The molecule has 0 radical (unpaired) electrons. The SMILES string of the molecule is Cc1noc2ncnc(N3CCCC(C(=O)O)C3)c12. The Kier molecular flexibility index (Phi) is 2.81. The second-order valence-electron chi connectivity index (χ2n) is 4.77. The minimum Gasteiger partial charge on any atom is -0.481 e. The van der Waals surface area contributed by atoms with E-state index in [1.807, 2.05) is 11.8 Å². The molecule has 1 aliphatic heterocycles. The van der Waals surface area contributed by atoms with Crippen LogP contribution in [0.5, 0.6) is 0 Å². The molecule has 1 unspecified atom stereocenters. The number of carboxylic acid groups (broad SMARTS) is 1. The first-order valence-corrected chi connectivity index (χ1v) is 6.21. The highest BCUT2D eigenvalue weighted by molar-refractivity contribution is 5.88. The largest absolute Gasteiger partial charge is 0.481 e. The van der Waals surface area contributed by atoms with Crippen LogP contribution in [-0.2, 0) is 4.79 Å².